The van der Waals surface area contributed by atoms with E-state index in [2.05, 4.69) is 49.2 Å². The predicted molar refractivity (Wildman–Crippen MR) is 60.3 cm³/mol. The molecule has 0 saturated carbocycles. The Kier molecular flexibility index (Phi) is 6.65. The molecule has 13 heavy (non-hydrogen) atoms. The van der Waals surface area contributed by atoms with Gasteiger partial charge in [-0.05, 0) is 25.6 Å². The SMILES string of the molecule is CCCN(C)Cc1ccccc1.Cl. The van der Waals surface area contributed by atoms with Crippen molar-refractivity contribution in [3.63, 3.8) is 0 Å². The van der Waals surface area contributed by atoms with Gasteiger partial charge in [0.1, 0.15) is 0 Å². The number of benzene rings is 1. The molecule has 0 unspecified atom stereocenters. The van der Waals surface area contributed by atoms with E-state index in [1.807, 2.05) is 0 Å². The van der Waals surface area contributed by atoms with Crippen LogP contribution in [-0.2, 0) is 6.54 Å². The largest absolute Gasteiger partial charge is 0.302 e. The molecule has 0 aliphatic rings. The van der Waals surface area contributed by atoms with Gasteiger partial charge in [0, 0.05) is 6.54 Å². The Morgan fingerprint density at radius 2 is 1.77 bits per heavy atom. The Morgan fingerprint density at radius 1 is 1.15 bits per heavy atom. The van der Waals surface area contributed by atoms with Crippen LogP contribution in [0.3, 0.4) is 0 Å². The minimum absolute atomic E-state index is 0. The highest BCUT2D eigenvalue weighted by molar-refractivity contribution is 5.85. The zero-order valence-corrected chi connectivity index (χ0v) is 9.18. The Labute approximate surface area is 87.2 Å². The minimum atomic E-state index is 0. The normalized spacial score (nSPS) is 9.77. The van der Waals surface area contributed by atoms with Crippen molar-refractivity contribution in [2.45, 2.75) is 19.9 Å². The molecule has 0 amide bonds. The third kappa shape index (κ3) is 4.91. The van der Waals surface area contributed by atoms with Crippen molar-refractivity contribution in [1.82, 2.24) is 4.90 Å². The van der Waals surface area contributed by atoms with E-state index in [-0.39, 0.29) is 12.4 Å². The molecule has 0 N–H and O–H groups in total. The number of hydrogen-bond acceptors (Lipinski definition) is 1. The van der Waals surface area contributed by atoms with Gasteiger partial charge in [-0.15, -0.1) is 12.4 Å². The van der Waals surface area contributed by atoms with Gasteiger partial charge in [0.25, 0.3) is 0 Å². The van der Waals surface area contributed by atoms with Crippen LogP contribution < -0.4 is 0 Å². The summed E-state index contributed by atoms with van der Waals surface area (Å²) < 4.78 is 0. The van der Waals surface area contributed by atoms with Gasteiger partial charge in [-0.1, -0.05) is 37.3 Å². The van der Waals surface area contributed by atoms with Crippen LogP contribution in [0.5, 0.6) is 0 Å². The maximum absolute atomic E-state index is 2.34. The van der Waals surface area contributed by atoms with Crippen LogP contribution >= 0.6 is 12.4 Å². The number of halogens is 1. The molecule has 0 heterocycles. The maximum Gasteiger partial charge on any atom is 0.0230 e. The Hall–Kier alpha value is -0.530. The quantitative estimate of drug-likeness (QED) is 0.721. The van der Waals surface area contributed by atoms with Crippen molar-refractivity contribution in [2.24, 2.45) is 0 Å². The molecule has 0 atom stereocenters. The fraction of sp³-hybridized carbons (Fsp3) is 0.455. The molecule has 1 nitrogen and oxygen atoms in total. The van der Waals surface area contributed by atoms with Crippen LogP contribution in [0.1, 0.15) is 18.9 Å². The van der Waals surface area contributed by atoms with Gasteiger partial charge in [-0.3, -0.25) is 0 Å². The van der Waals surface area contributed by atoms with E-state index in [1.54, 1.807) is 0 Å². The highest BCUT2D eigenvalue weighted by Crippen LogP contribution is 2.02. The van der Waals surface area contributed by atoms with Gasteiger partial charge in [-0.2, -0.15) is 0 Å². The highest BCUT2D eigenvalue weighted by Gasteiger charge is 1.96. The lowest BCUT2D eigenvalue weighted by Crippen LogP contribution is -2.18. The maximum atomic E-state index is 2.34. The summed E-state index contributed by atoms with van der Waals surface area (Å²) in [7, 11) is 2.16. The van der Waals surface area contributed by atoms with Crippen molar-refractivity contribution in [2.75, 3.05) is 13.6 Å². The first-order valence-electron chi connectivity index (χ1n) is 4.55. The van der Waals surface area contributed by atoms with Gasteiger partial charge >= 0.3 is 0 Å². The van der Waals surface area contributed by atoms with Gasteiger partial charge in [0.15, 0.2) is 0 Å². The second-order valence-corrected chi connectivity index (χ2v) is 3.22. The molecule has 1 rings (SSSR count). The van der Waals surface area contributed by atoms with E-state index < -0.39 is 0 Å². The van der Waals surface area contributed by atoms with Crippen molar-refractivity contribution in [3.8, 4) is 0 Å². The Balaban J connectivity index is 0.00000144. The summed E-state index contributed by atoms with van der Waals surface area (Å²) in [5.74, 6) is 0. The van der Waals surface area contributed by atoms with Gasteiger partial charge in [-0.25, -0.2) is 0 Å². The third-order valence-corrected chi connectivity index (χ3v) is 1.90. The van der Waals surface area contributed by atoms with Crippen molar-refractivity contribution < 1.29 is 0 Å². The Morgan fingerprint density at radius 3 is 2.31 bits per heavy atom. The van der Waals surface area contributed by atoms with Gasteiger partial charge in [0.05, 0.1) is 0 Å². The lowest BCUT2D eigenvalue weighted by molar-refractivity contribution is 0.327. The average molecular weight is 200 g/mol. The van der Waals surface area contributed by atoms with Crippen molar-refractivity contribution >= 4 is 12.4 Å². The lowest BCUT2D eigenvalue weighted by Gasteiger charge is -2.14. The van der Waals surface area contributed by atoms with E-state index in [9.17, 15) is 0 Å². The summed E-state index contributed by atoms with van der Waals surface area (Å²) in [4.78, 5) is 2.34. The molecule has 1 aromatic rings. The van der Waals surface area contributed by atoms with E-state index in [0.29, 0.717) is 0 Å². The predicted octanol–water partition coefficient (Wildman–Crippen LogP) is 2.95. The first-order chi connectivity index (χ1) is 5.83. The summed E-state index contributed by atoms with van der Waals surface area (Å²) in [6, 6.07) is 10.6. The molecule has 0 bridgehead atoms. The van der Waals surface area contributed by atoms with Crippen LogP contribution in [0, 0.1) is 0 Å². The monoisotopic (exact) mass is 199 g/mol. The summed E-state index contributed by atoms with van der Waals surface area (Å²) in [5, 5.41) is 0. The number of hydrogen-bond donors (Lipinski definition) is 0. The summed E-state index contributed by atoms with van der Waals surface area (Å²) >= 11 is 0. The fourth-order valence-corrected chi connectivity index (χ4v) is 1.36. The number of nitrogens with zero attached hydrogens (tertiary/aromatic N) is 1. The Bertz CT molecular complexity index is 211. The lowest BCUT2D eigenvalue weighted by atomic mass is 10.2. The molecular weight excluding hydrogens is 182 g/mol. The van der Waals surface area contributed by atoms with E-state index >= 15 is 0 Å². The van der Waals surface area contributed by atoms with Crippen molar-refractivity contribution in [3.05, 3.63) is 35.9 Å². The topological polar surface area (TPSA) is 3.24 Å². The smallest absolute Gasteiger partial charge is 0.0230 e. The second kappa shape index (κ2) is 6.93. The van der Waals surface area contributed by atoms with Gasteiger partial charge < -0.3 is 4.90 Å². The molecule has 0 aromatic heterocycles. The first-order valence-corrected chi connectivity index (χ1v) is 4.55. The highest BCUT2D eigenvalue weighted by atomic mass is 35.5. The molecule has 2 heteroatoms. The summed E-state index contributed by atoms with van der Waals surface area (Å²) in [5.41, 5.74) is 1.40. The standard InChI is InChI=1S/C11H17N.ClH/c1-3-9-12(2)10-11-7-5-4-6-8-11;/h4-8H,3,9-10H2,1-2H3;1H. The summed E-state index contributed by atoms with van der Waals surface area (Å²) in [6.45, 7) is 4.45. The first kappa shape index (κ1) is 12.5. The molecule has 0 spiro atoms. The molecule has 74 valence electrons. The molecule has 0 aliphatic heterocycles. The second-order valence-electron chi connectivity index (χ2n) is 3.22. The molecule has 0 saturated heterocycles. The molecule has 1 aromatic carbocycles. The minimum Gasteiger partial charge on any atom is -0.302 e. The van der Waals surface area contributed by atoms with Crippen LogP contribution in [0.15, 0.2) is 30.3 Å². The zero-order valence-electron chi connectivity index (χ0n) is 8.36. The molecule has 0 fully saturated rings. The van der Waals surface area contributed by atoms with E-state index in [0.717, 1.165) is 6.54 Å². The zero-order chi connectivity index (χ0) is 8.81. The van der Waals surface area contributed by atoms with Crippen LogP contribution in [0.4, 0.5) is 0 Å². The molecule has 0 radical (unpaired) electrons. The van der Waals surface area contributed by atoms with E-state index in [1.165, 1.54) is 18.5 Å². The fourth-order valence-electron chi connectivity index (χ4n) is 1.36. The summed E-state index contributed by atoms with van der Waals surface area (Å²) in [6.07, 6.45) is 1.23. The van der Waals surface area contributed by atoms with Crippen molar-refractivity contribution in [1.29, 1.82) is 0 Å². The van der Waals surface area contributed by atoms with Crippen LogP contribution in [-0.4, -0.2) is 18.5 Å². The van der Waals surface area contributed by atoms with Crippen LogP contribution in [0.25, 0.3) is 0 Å². The van der Waals surface area contributed by atoms with Gasteiger partial charge in [0.2, 0.25) is 0 Å². The molecular formula is C11H18ClN. The average Bonchev–Trinajstić information content (AvgIpc) is 2.06. The van der Waals surface area contributed by atoms with Crippen LogP contribution in [0.2, 0.25) is 0 Å². The third-order valence-electron chi connectivity index (χ3n) is 1.90. The number of rotatable bonds is 4. The molecule has 0 aliphatic carbocycles. The van der Waals surface area contributed by atoms with E-state index in [4.69, 9.17) is 0 Å².